The third-order valence-electron chi connectivity index (χ3n) is 3.38. The molecule has 0 fully saturated rings. The summed E-state index contributed by atoms with van der Waals surface area (Å²) in [5.74, 6) is 1.52. The van der Waals surface area contributed by atoms with Gasteiger partial charge in [-0.1, -0.05) is 46.6 Å². The lowest BCUT2D eigenvalue weighted by Crippen LogP contribution is -2.23. The van der Waals surface area contributed by atoms with E-state index >= 15 is 0 Å². The molecule has 0 spiro atoms. The van der Waals surface area contributed by atoms with Crippen LogP contribution in [0.4, 0.5) is 0 Å². The van der Waals surface area contributed by atoms with E-state index in [1.807, 2.05) is 39.0 Å². The Morgan fingerprint density at radius 2 is 1.68 bits per heavy atom. The second-order valence-corrected chi connectivity index (χ2v) is 5.36. The third kappa shape index (κ3) is 7.69. The molecule has 0 radical (unpaired) electrons. The van der Waals surface area contributed by atoms with Crippen molar-refractivity contribution in [3.63, 3.8) is 0 Å². The van der Waals surface area contributed by atoms with Gasteiger partial charge in [-0.05, 0) is 37.5 Å². The van der Waals surface area contributed by atoms with E-state index in [1.54, 1.807) is 7.11 Å². The minimum atomic E-state index is -0.285. The molecule has 0 amide bonds. The maximum absolute atomic E-state index is 9.99. The van der Waals surface area contributed by atoms with E-state index in [1.165, 1.54) is 0 Å². The first-order chi connectivity index (χ1) is 10.6. The van der Waals surface area contributed by atoms with Gasteiger partial charge in [0.25, 0.3) is 0 Å². The molecular weight excluding hydrogens is 276 g/mol. The number of ether oxygens (including phenoxy) is 2. The minimum absolute atomic E-state index is 0.0391. The molecule has 22 heavy (non-hydrogen) atoms. The predicted molar refractivity (Wildman–Crippen MR) is 93.9 cm³/mol. The van der Waals surface area contributed by atoms with Gasteiger partial charge in [0.2, 0.25) is 0 Å². The van der Waals surface area contributed by atoms with Crippen LogP contribution in [0.25, 0.3) is 0 Å². The van der Waals surface area contributed by atoms with Crippen LogP contribution in [0.5, 0.6) is 11.5 Å². The van der Waals surface area contributed by atoms with Gasteiger partial charge in [0, 0.05) is 6.42 Å². The molecule has 0 saturated heterocycles. The Hall–Kier alpha value is -1.22. The number of methoxy groups -OCH3 is 1. The molecule has 0 aromatic heterocycles. The van der Waals surface area contributed by atoms with E-state index in [2.05, 4.69) is 13.8 Å². The molecule has 0 aliphatic rings. The van der Waals surface area contributed by atoms with Crippen LogP contribution in [0.1, 0.15) is 65.4 Å². The van der Waals surface area contributed by atoms with Gasteiger partial charge in [-0.3, -0.25) is 0 Å². The van der Waals surface area contributed by atoms with Gasteiger partial charge in [0.1, 0.15) is 6.10 Å². The van der Waals surface area contributed by atoms with Crippen molar-refractivity contribution >= 4 is 0 Å². The summed E-state index contributed by atoms with van der Waals surface area (Å²) in [5.41, 5.74) is 1.14. The average Bonchev–Trinajstić information content (AvgIpc) is 2.50. The number of aryl methyl sites for hydroxylation is 1. The zero-order valence-corrected chi connectivity index (χ0v) is 15.2. The fraction of sp³-hybridized carbons (Fsp3) is 0.684. The van der Waals surface area contributed by atoms with E-state index in [0.717, 1.165) is 42.7 Å². The lowest BCUT2D eigenvalue weighted by Gasteiger charge is -2.22. The first-order valence-corrected chi connectivity index (χ1v) is 8.60. The standard InChI is InChI=1S/C17H28O3.C2H6/c1-5-7-14(18)12-15(8-6-2)20-17-11-13(3)9-10-16(17)19-4;1-2/h9-11,14-15,18H,5-8,12H2,1-4H3;1-2H3. The van der Waals surface area contributed by atoms with Crippen molar-refractivity contribution in [2.45, 2.75) is 78.9 Å². The van der Waals surface area contributed by atoms with Crippen LogP contribution in [-0.4, -0.2) is 24.4 Å². The van der Waals surface area contributed by atoms with Gasteiger partial charge in [-0.2, -0.15) is 0 Å². The van der Waals surface area contributed by atoms with Crippen molar-refractivity contribution in [2.75, 3.05) is 7.11 Å². The van der Waals surface area contributed by atoms with Gasteiger partial charge >= 0.3 is 0 Å². The molecule has 3 nitrogen and oxygen atoms in total. The molecule has 1 N–H and O–H groups in total. The summed E-state index contributed by atoms with van der Waals surface area (Å²) >= 11 is 0. The summed E-state index contributed by atoms with van der Waals surface area (Å²) in [6, 6.07) is 5.93. The van der Waals surface area contributed by atoms with Gasteiger partial charge in [-0.25, -0.2) is 0 Å². The summed E-state index contributed by atoms with van der Waals surface area (Å²) in [7, 11) is 1.65. The molecule has 0 heterocycles. The number of aliphatic hydroxyl groups is 1. The Bertz CT molecular complexity index is 390. The predicted octanol–water partition coefficient (Wildman–Crippen LogP) is 5.13. The van der Waals surface area contributed by atoms with Gasteiger partial charge < -0.3 is 14.6 Å². The zero-order valence-electron chi connectivity index (χ0n) is 15.2. The average molecular weight is 310 g/mol. The maximum atomic E-state index is 9.99. The summed E-state index contributed by atoms with van der Waals surface area (Å²) in [4.78, 5) is 0. The monoisotopic (exact) mass is 310 g/mol. The molecule has 128 valence electrons. The second-order valence-electron chi connectivity index (χ2n) is 5.36. The van der Waals surface area contributed by atoms with Crippen LogP contribution in [-0.2, 0) is 0 Å². The second kappa shape index (κ2) is 12.3. The summed E-state index contributed by atoms with van der Waals surface area (Å²) in [6.07, 6.45) is 4.24. The highest BCUT2D eigenvalue weighted by Crippen LogP contribution is 2.30. The molecule has 1 rings (SSSR count). The summed E-state index contributed by atoms with van der Waals surface area (Å²) in [5, 5.41) is 9.99. The van der Waals surface area contributed by atoms with E-state index in [9.17, 15) is 5.11 Å². The van der Waals surface area contributed by atoms with Crippen molar-refractivity contribution in [3.05, 3.63) is 23.8 Å². The molecule has 2 atom stereocenters. The fourth-order valence-electron chi connectivity index (χ4n) is 2.36. The largest absolute Gasteiger partial charge is 0.493 e. The minimum Gasteiger partial charge on any atom is -0.493 e. The molecule has 0 aliphatic heterocycles. The number of hydrogen-bond donors (Lipinski definition) is 1. The molecule has 1 aromatic rings. The van der Waals surface area contributed by atoms with E-state index in [-0.39, 0.29) is 12.2 Å². The van der Waals surface area contributed by atoms with E-state index < -0.39 is 0 Å². The van der Waals surface area contributed by atoms with Crippen molar-refractivity contribution in [3.8, 4) is 11.5 Å². The molecule has 0 bridgehead atoms. The number of aliphatic hydroxyl groups excluding tert-OH is 1. The third-order valence-corrected chi connectivity index (χ3v) is 3.38. The molecule has 3 heteroatoms. The summed E-state index contributed by atoms with van der Waals surface area (Å²) < 4.78 is 11.4. The highest BCUT2D eigenvalue weighted by atomic mass is 16.5. The maximum Gasteiger partial charge on any atom is 0.161 e. The first-order valence-electron chi connectivity index (χ1n) is 8.60. The van der Waals surface area contributed by atoms with Crippen LogP contribution in [0.3, 0.4) is 0 Å². The van der Waals surface area contributed by atoms with Crippen LogP contribution in [0.2, 0.25) is 0 Å². The smallest absolute Gasteiger partial charge is 0.161 e. The van der Waals surface area contributed by atoms with Crippen LogP contribution < -0.4 is 9.47 Å². The van der Waals surface area contributed by atoms with Crippen LogP contribution in [0, 0.1) is 6.92 Å². The highest BCUT2D eigenvalue weighted by Gasteiger charge is 2.17. The highest BCUT2D eigenvalue weighted by molar-refractivity contribution is 5.42. The Labute approximate surface area is 136 Å². The van der Waals surface area contributed by atoms with Crippen molar-refractivity contribution in [2.24, 2.45) is 0 Å². The number of hydrogen-bond acceptors (Lipinski definition) is 3. The van der Waals surface area contributed by atoms with Crippen LogP contribution in [0.15, 0.2) is 18.2 Å². The van der Waals surface area contributed by atoms with Crippen LogP contribution >= 0.6 is 0 Å². The normalized spacial score (nSPS) is 12.9. The SMILES string of the molecule is CC.CCCC(O)CC(CCC)Oc1cc(C)ccc1OC. The number of rotatable bonds is 9. The molecule has 0 saturated carbocycles. The summed E-state index contributed by atoms with van der Waals surface area (Å²) in [6.45, 7) is 10.3. The topological polar surface area (TPSA) is 38.7 Å². The lowest BCUT2D eigenvalue weighted by molar-refractivity contribution is 0.0818. The van der Waals surface area contributed by atoms with Gasteiger partial charge in [0.05, 0.1) is 13.2 Å². The molecular formula is C19H34O3. The quantitative estimate of drug-likeness (QED) is 0.687. The van der Waals surface area contributed by atoms with Gasteiger partial charge in [0.15, 0.2) is 11.5 Å². The Morgan fingerprint density at radius 1 is 1.05 bits per heavy atom. The van der Waals surface area contributed by atoms with Crippen molar-refractivity contribution < 1.29 is 14.6 Å². The fourth-order valence-corrected chi connectivity index (χ4v) is 2.36. The molecule has 0 aliphatic carbocycles. The van der Waals surface area contributed by atoms with Crippen molar-refractivity contribution in [1.82, 2.24) is 0 Å². The molecule has 2 unspecified atom stereocenters. The zero-order chi connectivity index (χ0) is 17.0. The lowest BCUT2D eigenvalue weighted by atomic mass is 10.0. The number of benzene rings is 1. The van der Waals surface area contributed by atoms with Gasteiger partial charge in [-0.15, -0.1) is 0 Å². The van der Waals surface area contributed by atoms with Crippen molar-refractivity contribution in [1.29, 1.82) is 0 Å². The Kier molecular flexibility index (Phi) is 11.7. The van der Waals surface area contributed by atoms with E-state index in [4.69, 9.17) is 9.47 Å². The first kappa shape index (κ1) is 20.8. The Morgan fingerprint density at radius 3 is 2.23 bits per heavy atom. The Balaban J connectivity index is 0.00000211. The molecule has 1 aromatic carbocycles. The van der Waals surface area contributed by atoms with E-state index in [0.29, 0.717) is 6.42 Å².